The zero-order valence-corrected chi connectivity index (χ0v) is 16.2. The van der Waals surface area contributed by atoms with Gasteiger partial charge in [-0.25, -0.2) is 8.42 Å². The van der Waals surface area contributed by atoms with Crippen molar-refractivity contribution in [3.63, 3.8) is 0 Å². The van der Waals surface area contributed by atoms with Crippen LogP contribution in [0.25, 0.3) is 0 Å². The lowest BCUT2D eigenvalue weighted by Gasteiger charge is -2.35. The lowest BCUT2D eigenvalue weighted by atomic mass is 9.72. The van der Waals surface area contributed by atoms with Crippen molar-refractivity contribution in [2.24, 2.45) is 0 Å². The Labute approximate surface area is 156 Å². The number of nitrogens with one attached hydrogen (secondary N) is 2. The number of rotatable bonds is 5. The van der Waals surface area contributed by atoms with Crippen LogP contribution in [0.3, 0.4) is 0 Å². The van der Waals surface area contributed by atoms with Crippen LogP contribution >= 0.6 is 11.3 Å². The minimum absolute atomic E-state index is 0.255. The lowest BCUT2D eigenvalue weighted by molar-refractivity contribution is -0.138. The number of hydrogen-bond acceptors (Lipinski definition) is 5. The van der Waals surface area contributed by atoms with Crippen LogP contribution in [-0.4, -0.2) is 20.2 Å². The molecule has 0 saturated carbocycles. The molecule has 8 heteroatoms. The van der Waals surface area contributed by atoms with Crippen molar-refractivity contribution in [3.8, 4) is 0 Å². The molecule has 2 N–H and O–H groups in total. The second kappa shape index (κ2) is 6.85. The highest BCUT2D eigenvalue weighted by Crippen LogP contribution is 2.36. The fourth-order valence-corrected chi connectivity index (χ4v) is 5.53. The number of sulfonamides is 1. The first-order valence-electron chi connectivity index (χ1n) is 8.31. The van der Waals surface area contributed by atoms with Gasteiger partial charge in [-0.15, -0.1) is 11.3 Å². The molecule has 0 spiro atoms. The van der Waals surface area contributed by atoms with Crippen molar-refractivity contribution in [1.29, 1.82) is 0 Å². The molecule has 6 nitrogen and oxygen atoms in total. The summed E-state index contributed by atoms with van der Waals surface area (Å²) in [6.45, 7) is 3.76. The summed E-state index contributed by atoms with van der Waals surface area (Å²) >= 11 is 1.21. The van der Waals surface area contributed by atoms with Crippen LogP contribution in [0.5, 0.6) is 0 Å². The molecule has 1 aromatic heterocycles. The van der Waals surface area contributed by atoms with Gasteiger partial charge < -0.3 is 0 Å². The van der Waals surface area contributed by atoms with Crippen molar-refractivity contribution in [3.05, 3.63) is 46.8 Å². The number of imide groups is 1. The number of amides is 2. The van der Waals surface area contributed by atoms with E-state index >= 15 is 0 Å². The highest BCUT2D eigenvalue weighted by Gasteiger charge is 2.42. The number of thiophene rings is 1. The number of piperidine rings is 1. The second-order valence-corrected chi connectivity index (χ2v) is 9.56. The molecular weight excluding hydrogens is 372 g/mol. The number of benzene rings is 1. The number of carbonyl (C=O) groups is 2. The Kier molecular flexibility index (Phi) is 4.90. The van der Waals surface area contributed by atoms with Gasteiger partial charge >= 0.3 is 0 Å². The maximum absolute atomic E-state index is 12.4. The third-order valence-corrected chi connectivity index (χ3v) is 7.61. The summed E-state index contributed by atoms with van der Waals surface area (Å²) < 4.78 is 27.6. The van der Waals surface area contributed by atoms with Gasteiger partial charge in [0.15, 0.2) is 0 Å². The molecule has 2 heterocycles. The fraction of sp³-hybridized carbons (Fsp3) is 0.333. The average molecular weight is 393 g/mol. The van der Waals surface area contributed by atoms with Gasteiger partial charge in [-0.05, 0) is 49.6 Å². The minimum Gasteiger partial charge on any atom is -0.296 e. The van der Waals surface area contributed by atoms with E-state index in [4.69, 9.17) is 0 Å². The summed E-state index contributed by atoms with van der Waals surface area (Å²) in [4.78, 5) is 24.8. The van der Waals surface area contributed by atoms with E-state index in [-0.39, 0.29) is 16.0 Å². The van der Waals surface area contributed by atoms with Crippen molar-refractivity contribution >= 4 is 38.9 Å². The summed E-state index contributed by atoms with van der Waals surface area (Å²) in [7, 11) is -3.62. The first kappa shape index (κ1) is 18.6. The third-order valence-electron chi connectivity index (χ3n) is 4.74. The van der Waals surface area contributed by atoms with Gasteiger partial charge in [0.25, 0.3) is 10.0 Å². The maximum atomic E-state index is 12.4. The molecule has 1 unspecified atom stereocenters. The first-order valence-corrected chi connectivity index (χ1v) is 10.6. The van der Waals surface area contributed by atoms with Crippen LogP contribution in [0.15, 0.2) is 40.6 Å². The molecule has 0 aliphatic carbocycles. The Bertz CT molecular complexity index is 948. The number of carbonyl (C=O) groups excluding carboxylic acids is 2. The van der Waals surface area contributed by atoms with Gasteiger partial charge in [-0.1, -0.05) is 19.1 Å². The van der Waals surface area contributed by atoms with Crippen molar-refractivity contribution < 1.29 is 18.0 Å². The highest BCUT2D eigenvalue weighted by molar-refractivity contribution is 7.94. The van der Waals surface area contributed by atoms with Crippen LogP contribution in [0.2, 0.25) is 0 Å². The predicted octanol–water partition coefficient (Wildman–Crippen LogP) is 2.94. The van der Waals surface area contributed by atoms with Gasteiger partial charge in [0.05, 0.1) is 5.41 Å². The quantitative estimate of drug-likeness (QED) is 0.765. The molecule has 1 atom stereocenters. The van der Waals surface area contributed by atoms with Gasteiger partial charge in [-0.2, -0.15) is 0 Å². The highest BCUT2D eigenvalue weighted by atomic mass is 32.2. The largest absolute Gasteiger partial charge is 0.296 e. The molecule has 1 aliphatic rings. The second-order valence-electron chi connectivity index (χ2n) is 6.36. The summed E-state index contributed by atoms with van der Waals surface area (Å²) in [5.74, 6) is -0.548. The Morgan fingerprint density at radius 1 is 1.15 bits per heavy atom. The number of anilines is 1. The minimum atomic E-state index is -3.62. The maximum Gasteiger partial charge on any atom is 0.271 e. The molecule has 1 saturated heterocycles. The number of hydrogen-bond donors (Lipinski definition) is 2. The Morgan fingerprint density at radius 2 is 1.85 bits per heavy atom. The normalized spacial score (nSPS) is 20.7. The Hall–Kier alpha value is -2.19. The average Bonchev–Trinajstić information content (AvgIpc) is 3.04. The first-order chi connectivity index (χ1) is 12.3. The van der Waals surface area contributed by atoms with Gasteiger partial charge in [0.1, 0.15) is 4.21 Å². The van der Waals surface area contributed by atoms with E-state index in [0.29, 0.717) is 24.9 Å². The molecule has 0 bridgehead atoms. The monoisotopic (exact) mass is 392 g/mol. The van der Waals surface area contributed by atoms with Crippen LogP contribution in [0.1, 0.15) is 36.6 Å². The van der Waals surface area contributed by atoms with Gasteiger partial charge in [0.2, 0.25) is 11.8 Å². The predicted molar refractivity (Wildman–Crippen MR) is 101 cm³/mol. The SMILES string of the molecule is CCC1(c2ccc(NS(=O)(=O)c3ccc(C)s3)cc2)CCC(=O)NC1=O. The molecule has 2 amide bonds. The van der Waals surface area contributed by atoms with Gasteiger partial charge in [-0.3, -0.25) is 19.6 Å². The van der Waals surface area contributed by atoms with Crippen molar-refractivity contribution in [1.82, 2.24) is 5.32 Å². The van der Waals surface area contributed by atoms with Crippen molar-refractivity contribution in [2.75, 3.05) is 4.72 Å². The summed E-state index contributed by atoms with van der Waals surface area (Å²) in [6.07, 6.45) is 1.31. The lowest BCUT2D eigenvalue weighted by Crippen LogP contribution is -2.51. The zero-order chi connectivity index (χ0) is 18.9. The molecule has 0 radical (unpaired) electrons. The standard InChI is InChI=1S/C18H20N2O4S2/c1-3-18(11-10-15(21)19-17(18)22)13-5-7-14(8-6-13)20-26(23,24)16-9-4-12(2)25-16/h4-9,20H,3,10-11H2,1-2H3,(H,19,21,22). The Morgan fingerprint density at radius 3 is 2.38 bits per heavy atom. The summed E-state index contributed by atoms with van der Waals surface area (Å²) in [5.41, 5.74) is 0.453. The van der Waals surface area contributed by atoms with Gasteiger partial charge in [0, 0.05) is 17.0 Å². The smallest absolute Gasteiger partial charge is 0.271 e. The van der Waals surface area contributed by atoms with E-state index < -0.39 is 15.4 Å². The molecule has 2 aromatic rings. The van der Waals surface area contributed by atoms with Crippen LogP contribution in [-0.2, 0) is 25.0 Å². The van der Waals surface area contributed by atoms with E-state index in [1.165, 1.54) is 11.3 Å². The molecular formula is C18H20N2O4S2. The van der Waals surface area contributed by atoms with E-state index in [1.54, 1.807) is 36.4 Å². The summed E-state index contributed by atoms with van der Waals surface area (Å²) in [6, 6.07) is 10.1. The van der Waals surface area contributed by atoms with E-state index in [2.05, 4.69) is 10.0 Å². The molecule has 1 aromatic carbocycles. The van der Waals surface area contributed by atoms with E-state index in [0.717, 1.165) is 10.4 Å². The molecule has 26 heavy (non-hydrogen) atoms. The van der Waals surface area contributed by atoms with Crippen LogP contribution in [0, 0.1) is 6.92 Å². The third kappa shape index (κ3) is 3.39. The molecule has 138 valence electrons. The van der Waals surface area contributed by atoms with Crippen LogP contribution < -0.4 is 10.0 Å². The molecule has 1 fully saturated rings. The number of aryl methyl sites for hydroxylation is 1. The Balaban J connectivity index is 1.84. The topological polar surface area (TPSA) is 92.3 Å². The van der Waals surface area contributed by atoms with E-state index in [1.807, 2.05) is 13.8 Å². The molecule has 1 aliphatic heterocycles. The molecule has 3 rings (SSSR count). The van der Waals surface area contributed by atoms with Crippen molar-refractivity contribution in [2.45, 2.75) is 42.7 Å². The van der Waals surface area contributed by atoms with Crippen LogP contribution in [0.4, 0.5) is 5.69 Å². The zero-order valence-electron chi connectivity index (χ0n) is 14.5. The van der Waals surface area contributed by atoms with E-state index in [9.17, 15) is 18.0 Å². The fourth-order valence-electron chi connectivity index (χ4n) is 3.19. The summed E-state index contributed by atoms with van der Waals surface area (Å²) in [5, 5.41) is 2.41.